The first-order valence-corrected chi connectivity index (χ1v) is 15.3. The number of nitrogens with one attached hydrogen (secondary N) is 1. The van der Waals surface area contributed by atoms with Crippen LogP contribution in [0.4, 0.5) is 18.0 Å². The quantitative estimate of drug-likeness (QED) is 0.586. The van der Waals surface area contributed by atoms with Crippen LogP contribution >= 0.6 is 0 Å². The summed E-state index contributed by atoms with van der Waals surface area (Å²) in [6, 6.07) is 3.91. The highest BCUT2D eigenvalue weighted by atomic mass is 32.2. The highest BCUT2D eigenvalue weighted by Crippen LogP contribution is 2.75. The van der Waals surface area contributed by atoms with E-state index in [-0.39, 0.29) is 21.8 Å². The van der Waals surface area contributed by atoms with Crippen molar-refractivity contribution in [1.29, 1.82) is 0 Å². The van der Waals surface area contributed by atoms with Crippen LogP contribution in [0, 0.1) is 16.7 Å². The average Bonchev–Trinajstić information content (AvgIpc) is 3.48. The van der Waals surface area contributed by atoms with Crippen molar-refractivity contribution in [1.82, 2.24) is 25.0 Å². The number of likely N-dealkylation sites (tertiary alicyclic amines) is 2. The number of hydrogen-bond acceptors (Lipinski definition) is 5. The first-order chi connectivity index (χ1) is 18.4. The molecule has 1 aromatic carbocycles. The molecule has 0 atom stereocenters. The second-order valence-corrected chi connectivity index (χ2v) is 15.6. The number of amides is 2. The van der Waals surface area contributed by atoms with Gasteiger partial charge in [-0.25, -0.2) is 18.2 Å². The summed E-state index contributed by atoms with van der Waals surface area (Å²) in [5.74, 6) is 3.19. The van der Waals surface area contributed by atoms with Crippen molar-refractivity contribution in [3.8, 4) is 0 Å². The Bertz CT molecular complexity index is 1440. The van der Waals surface area contributed by atoms with Crippen molar-refractivity contribution in [2.45, 2.75) is 72.6 Å². The highest BCUT2D eigenvalue weighted by Gasteiger charge is 2.77. The molecule has 2 aliphatic heterocycles. The summed E-state index contributed by atoms with van der Waals surface area (Å²) in [5.41, 5.74) is -0.696. The van der Waals surface area contributed by atoms with Gasteiger partial charge in [0.25, 0.3) is 0 Å². The average molecular weight is 562 g/mol. The lowest BCUT2D eigenvalue weighted by atomic mass is 9.38. The summed E-state index contributed by atoms with van der Waals surface area (Å²) < 4.78 is 64.1. The molecule has 2 aromatic rings. The molecule has 9 rings (SSSR count). The standard InChI is InChI=1S/C27H30F3N5O3S/c28-27(29,30)18-3-5-20(6-4-18)39(37,38)26-11-25(12-26,13-26)19-9-34(10-19)23(36)35-14-24(15-35)7-17(8-24)22-31-21(32-33-22)16-1-2-16/h3-6,16-17,19H,1-2,7-15H2,(H,31,32,33). The number of aromatic nitrogens is 3. The monoisotopic (exact) mass is 561 g/mol. The molecule has 2 amide bonds. The molecule has 7 aliphatic rings. The van der Waals surface area contributed by atoms with Crippen molar-refractivity contribution in [3.05, 3.63) is 41.5 Å². The minimum Gasteiger partial charge on any atom is -0.324 e. The number of H-pyrrole nitrogens is 1. The lowest BCUT2D eigenvalue weighted by Crippen LogP contribution is -2.77. The van der Waals surface area contributed by atoms with Crippen molar-refractivity contribution < 1.29 is 26.4 Å². The van der Waals surface area contributed by atoms with Crippen LogP contribution in [-0.2, 0) is 16.0 Å². The Balaban J connectivity index is 0.815. The van der Waals surface area contributed by atoms with Gasteiger partial charge in [0.1, 0.15) is 5.82 Å². The summed E-state index contributed by atoms with van der Waals surface area (Å²) >= 11 is 0. The van der Waals surface area contributed by atoms with Crippen LogP contribution in [0.3, 0.4) is 0 Å². The van der Waals surface area contributed by atoms with E-state index in [9.17, 15) is 26.4 Å². The van der Waals surface area contributed by atoms with Crippen molar-refractivity contribution in [2.24, 2.45) is 16.7 Å². The fourth-order valence-electron chi connectivity index (χ4n) is 8.12. The number of aromatic amines is 1. The topological polar surface area (TPSA) is 99.3 Å². The Kier molecular flexibility index (Phi) is 4.56. The van der Waals surface area contributed by atoms with Crippen molar-refractivity contribution >= 4 is 15.9 Å². The number of nitrogens with zero attached hydrogens (tertiary/aromatic N) is 4. The molecule has 7 fully saturated rings. The Morgan fingerprint density at radius 1 is 0.974 bits per heavy atom. The zero-order valence-corrected chi connectivity index (χ0v) is 22.2. The summed E-state index contributed by atoms with van der Waals surface area (Å²) in [6.07, 6.45) is 1.56. The zero-order chi connectivity index (χ0) is 27.0. The van der Waals surface area contributed by atoms with E-state index in [0.717, 1.165) is 61.8 Å². The fraction of sp³-hybridized carbons (Fsp3) is 0.667. The molecule has 39 heavy (non-hydrogen) atoms. The van der Waals surface area contributed by atoms with Gasteiger partial charge in [-0.15, -0.1) is 0 Å². The molecule has 208 valence electrons. The van der Waals surface area contributed by atoms with Gasteiger partial charge in [-0.1, -0.05) is 0 Å². The van der Waals surface area contributed by atoms with E-state index in [0.29, 0.717) is 50.1 Å². The molecule has 0 unspecified atom stereocenters. The first-order valence-electron chi connectivity index (χ1n) is 13.8. The molecule has 1 spiro atoms. The molecular weight excluding hydrogens is 531 g/mol. The number of urea groups is 1. The lowest BCUT2D eigenvalue weighted by Gasteiger charge is -2.74. The number of benzene rings is 1. The number of sulfone groups is 1. The normalized spacial score (nSPS) is 31.7. The summed E-state index contributed by atoms with van der Waals surface area (Å²) in [6.45, 7) is 2.87. The third kappa shape index (κ3) is 3.35. The number of halogens is 3. The smallest absolute Gasteiger partial charge is 0.324 e. The van der Waals surface area contributed by atoms with E-state index in [1.807, 2.05) is 9.80 Å². The number of carbonyl (C=O) groups is 1. The number of alkyl halides is 3. The molecule has 1 N–H and O–H groups in total. The molecule has 3 heterocycles. The molecular formula is C27H30F3N5O3S. The van der Waals surface area contributed by atoms with E-state index in [2.05, 4.69) is 15.2 Å². The summed E-state index contributed by atoms with van der Waals surface area (Å²) in [4.78, 5) is 21.5. The van der Waals surface area contributed by atoms with Gasteiger partial charge in [0, 0.05) is 49.3 Å². The Morgan fingerprint density at radius 2 is 1.62 bits per heavy atom. The minimum atomic E-state index is -4.50. The molecule has 0 radical (unpaired) electrons. The second-order valence-electron chi connectivity index (χ2n) is 13.3. The van der Waals surface area contributed by atoms with Crippen LogP contribution in [0.15, 0.2) is 29.2 Å². The van der Waals surface area contributed by atoms with Gasteiger partial charge in [0.15, 0.2) is 15.7 Å². The van der Waals surface area contributed by atoms with Crippen LogP contribution < -0.4 is 0 Å². The van der Waals surface area contributed by atoms with Crippen LogP contribution in [0.25, 0.3) is 0 Å². The van der Waals surface area contributed by atoms with E-state index in [1.165, 1.54) is 12.8 Å². The predicted molar refractivity (Wildman–Crippen MR) is 132 cm³/mol. The Labute approximate surface area is 224 Å². The number of rotatable bonds is 5. The van der Waals surface area contributed by atoms with Crippen LogP contribution in [0.2, 0.25) is 0 Å². The molecule has 5 saturated carbocycles. The fourth-order valence-corrected chi connectivity index (χ4v) is 10.5. The SMILES string of the molecule is O=C(N1CC(C23CC(S(=O)(=O)c4ccc(C(F)(F)F)cc4)(C2)C3)C1)N1CC2(CC(c3n[nH]c(C4CC4)n3)C2)C1. The minimum absolute atomic E-state index is 0.0365. The molecule has 12 heteroatoms. The van der Waals surface area contributed by atoms with Gasteiger partial charge in [-0.2, -0.15) is 18.3 Å². The summed E-state index contributed by atoms with van der Waals surface area (Å²) in [5, 5.41) is 7.51. The maximum atomic E-state index is 13.2. The van der Waals surface area contributed by atoms with Gasteiger partial charge >= 0.3 is 12.2 Å². The Hall–Kier alpha value is -2.63. The highest BCUT2D eigenvalue weighted by molar-refractivity contribution is 7.93. The van der Waals surface area contributed by atoms with Gasteiger partial charge < -0.3 is 9.80 Å². The van der Waals surface area contributed by atoms with E-state index < -0.39 is 26.3 Å². The predicted octanol–water partition coefficient (Wildman–Crippen LogP) is 4.33. The van der Waals surface area contributed by atoms with Crippen LogP contribution in [-0.4, -0.2) is 70.4 Å². The molecule has 2 saturated heterocycles. The molecule has 2 bridgehead atoms. The van der Waals surface area contributed by atoms with Crippen molar-refractivity contribution in [2.75, 3.05) is 26.2 Å². The van der Waals surface area contributed by atoms with Crippen LogP contribution in [0.1, 0.15) is 74.0 Å². The van der Waals surface area contributed by atoms with Gasteiger partial charge in [0.2, 0.25) is 0 Å². The zero-order valence-electron chi connectivity index (χ0n) is 21.4. The first kappa shape index (κ1) is 24.2. The number of hydrogen-bond donors (Lipinski definition) is 1. The third-order valence-electron chi connectivity index (χ3n) is 10.6. The van der Waals surface area contributed by atoms with E-state index in [1.54, 1.807) is 0 Å². The molecule has 8 nitrogen and oxygen atoms in total. The molecule has 5 aliphatic carbocycles. The van der Waals surface area contributed by atoms with Gasteiger partial charge in [0.05, 0.1) is 15.2 Å². The molecule has 1 aromatic heterocycles. The maximum absolute atomic E-state index is 13.2. The largest absolute Gasteiger partial charge is 0.416 e. The second kappa shape index (κ2) is 7.36. The van der Waals surface area contributed by atoms with Gasteiger partial charge in [-0.05, 0) is 74.6 Å². The van der Waals surface area contributed by atoms with E-state index in [4.69, 9.17) is 0 Å². The Morgan fingerprint density at radius 3 is 2.21 bits per heavy atom. The van der Waals surface area contributed by atoms with Gasteiger partial charge in [-0.3, -0.25) is 5.10 Å². The number of carbonyl (C=O) groups excluding carboxylic acids is 1. The van der Waals surface area contributed by atoms with Crippen molar-refractivity contribution in [3.63, 3.8) is 0 Å². The van der Waals surface area contributed by atoms with E-state index >= 15 is 0 Å². The lowest BCUT2D eigenvalue weighted by molar-refractivity contribution is -0.166. The maximum Gasteiger partial charge on any atom is 0.416 e. The third-order valence-corrected chi connectivity index (χ3v) is 13.1. The van der Waals surface area contributed by atoms with Crippen LogP contribution in [0.5, 0.6) is 0 Å². The summed E-state index contributed by atoms with van der Waals surface area (Å²) in [7, 11) is -3.69.